The SMILES string of the molecule is CC(C)/C(=C/c1c(Br)cncc1Br)CCl. The minimum atomic E-state index is 0.453. The zero-order valence-electron chi connectivity index (χ0n) is 8.60. The van der Waals surface area contributed by atoms with Gasteiger partial charge in [-0.05, 0) is 37.8 Å². The topological polar surface area (TPSA) is 12.9 Å². The van der Waals surface area contributed by atoms with Crippen molar-refractivity contribution in [2.45, 2.75) is 13.8 Å². The predicted molar refractivity (Wildman–Crippen MR) is 73.2 cm³/mol. The zero-order valence-corrected chi connectivity index (χ0v) is 12.5. The van der Waals surface area contributed by atoms with Gasteiger partial charge >= 0.3 is 0 Å². The fourth-order valence-electron chi connectivity index (χ4n) is 1.10. The third kappa shape index (κ3) is 3.58. The van der Waals surface area contributed by atoms with Crippen LogP contribution in [0.5, 0.6) is 0 Å². The average molecular weight is 353 g/mol. The molecule has 0 aliphatic heterocycles. The molecule has 0 unspecified atom stereocenters. The van der Waals surface area contributed by atoms with E-state index in [2.05, 4.69) is 56.8 Å². The first kappa shape index (κ1) is 13.2. The highest BCUT2D eigenvalue weighted by Crippen LogP contribution is 2.28. The standard InChI is InChI=1S/C11H12Br2ClN/c1-7(2)8(4-14)3-9-10(12)5-15-6-11(9)13/h3,5-7H,4H2,1-2H3/b8-3+. The van der Waals surface area contributed by atoms with E-state index in [9.17, 15) is 0 Å². The molecule has 1 aromatic heterocycles. The number of aromatic nitrogens is 1. The van der Waals surface area contributed by atoms with Gasteiger partial charge in [0, 0.05) is 32.8 Å². The van der Waals surface area contributed by atoms with Crippen molar-refractivity contribution in [3.63, 3.8) is 0 Å². The van der Waals surface area contributed by atoms with Crippen molar-refractivity contribution >= 4 is 49.5 Å². The fourth-order valence-corrected chi connectivity index (χ4v) is 2.65. The summed E-state index contributed by atoms with van der Waals surface area (Å²) in [5.41, 5.74) is 2.30. The molecule has 0 aromatic carbocycles. The minimum absolute atomic E-state index is 0.453. The number of hydrogen-bond acceptors (Lipinski definition) is 1. The van der Waals surface area contributed by atoms with Gasteiger partial charge in [0.05, 0.1) is 0 Å². The molecule has 1 aromatic rings. The van der Waals surface area contributed by atoms with E-state index in [4.69, 9.17) is 11.6 Å². The molecule has 4 heteroatoms. The maximum absolute atomic E-state index is 5.90. The van der Waals surface area contributed by atoms with Crippen molar-refractivity contribution in [3.05, 3.63) is 32.5 Å². The Kier molecular flexibility index (Phi) is 5.30. The summed E-state index contributed by atoms with van der Waals surface area (Å²) in [6.45, 7) is 4.27. The van der Waals surface area contributed by atoms with Crippen molar-refractivity contribution in [2.24, 2.45) is 5.92 Å². The summed E-state index contributed by atoms with van der Waals surface area (Å²) in [5, 5.41) is 0. The minimum Gasteiger partial charge on any atom is -0.262 e. The van der Waals surface area contributed by atoms with Crippen LogP contribution in [0.2, 0.25) is 0 Å². The van der Waals surface area contributed by atoms with Crippen LogP contribution in [0.4, 0.5) is 0 Å². The molecule has 0 fully saturated rings. The van der Waals surface area contributed by atoms with Crippen molar-refractivity contribution in [1.29, 1.82) is 0 Å². The van der Waals surface area contributed by atoms with Gasteiger partial charge < -0.3 is 0 Å². The Bertz CT molecular complexity index is 355. The molecule has 0 aliphatic rings. The largest absolute Gasteiger partial charge is 0.262 e. The second-order valence-electron chi connectivity index (χ2n) is 3.52. The highest BCUT2D eigenvalue weighted by Gasteiger charge is 2.06. The molecule has 0 bridgehead atoms. The van der Waals surface area contributed by atoms with Crippen LogP contribution in [0, 0.1) is 5.92 Å². The summed E-state index contributed by atoms with van der Waals surface area (Å²) in [6, 6.07) is 0. The lowest BCUT2D eigenvalue weighted by atomic mass is 10.0. The lowest BCUT2D eigenvalue weighted by Gasteiger charge is -2.09. The van der Waals surface area contributed by atoms with Gasteiger partial charge in [0.25, 0.3) is 0 Å². The van der Waals surface area contributed by atoms with Crippen LogP contribution in [0.15, 0.2) is 26.9 Å². The van der Waals surface area contributed by atoms with Crippen LogP contribution in [0.1, 0.15) is 19.4 Å². The molecule has 0 saturated heterocycles. The molecule has 0 radical (unpaired) electrons. The van der Waals surface area contributed by atoms with Gasteiger partial charge in [-0.25, -0.2) is 0 Å². The maximum atomic E-state index is 5.90. The Labute approximate surface area is 112 Å². The summed E-state index contributed by atoms with van der Waals surface area (Å²) in [7, 11) is 0. The van der Waals surface area contributed by atoms with Crippen LogP contribution in [0.3, 0.4) is 0 Å². The van der Waals surface area contributed by atoms with Crippen LogP contribution >= 0.6 is 43.5 Å². The molecule has 0 N–H and O–H groups in total. The van der Waals surface area contributed by atoms with Gasteiger partial charge in [0.1, 0.15) is 0 Å². The van der Waals surface area contributed by atoms with E-state index < -0.39 is 0 Å². The Hall–Kier alpha value is 0.140. The van der Waals surface area contributed by atoms with Gasteiger partial charge in [0.15, 0.2) is 0 Å². The van der Waals surface area contributed by atoms with E-state index in [1.54, 1.807) is 12.4 Å². The summed E-state index contributed by atoms with van der Waals surface area (Å²) in [6.07, 6.45) is 5.67. The molecule has 1 nitrogen and oxygen atoms in total. The van der Waals surface area contributed by atoms with Crippen LogP contribution in [-0.4, -0.2) is 10.9 Å². The van der Waals surface area contributed by atoms with Crippen molar-refractivity contribution in [3.8, 4) is 0 Å². The quantitative estimate of drug-likeness (QED) is 0.706. The first-order valence-electron chi connectivity index (χ1n) is 4.61. The zero-order chi connectivity index (χ0) is 11.4. The molecule has 0 saturated carbocycles. The van der Waals surface area contributed by atoms with Gasteiger partial charge in [-0.15, -0.1) is 11.6 Å². The number of alkyl halides is 1. The van der Waals surface area contributed by atoms with E-state index >= 15 is 0 Å². The van der Waals surface area contributed by atoms with E-state index in [0.717, 1.165) is 14.5 Å². The number of allylic oxidation sites excluding steroid dienone is 1. The molecule has 1 rings (SSSR count). The molecule has 0 amide bonds. The van der Waals surface area contributed by atoms with Crippen LogP contribution in [0.25, 0.3) is 6.08 Å². The van der Waals surface area contributed by atoms with Gasteiger partial charge in [-0.3, -0.25) is 4.98 Å². The number of halogens is 3. The lowest BCUT2D eigenvalue weighted by molar-refractivity contribution is 0.778. The molecule has 0 spiro atoms. The first-order valence-corrected chi connectivity index (χ1v) is 6.73. The second-order valence-corrected chi connectivity index (χ2v) is 5.50. The number of nitrogens with zero attached hydrogens (tertiary/aromatic N) is 1. The fraction of sp³-hybridized carbons (Fsp3) is 0.364. The number of hydrogen-bond donors (Lipinski definition) is 0. The molecule has 15 heavy (non-hydrogen) atoms. The Morgan fingerprint density at radius 3 is 2.33 bits per heavy atom. The second kappa shape index (κ2) is 6.02. The highest BCUT2D eigenvalue weighted by molar-refractivity contribution is 9.11. The Morgan fingerprint density at radius 2 is 1.93 bits per heavy atom. The first-order chi connectivity index (χ1) is 7.06. The van der Waals surface area contributed by atoms with Crippen molar-refractivity contribution in [2.75, 3.05) is 5.88 Å². The van der Waals surface area contributed by atoms with Gasteiger partial charge in [0.2, 0.25) is 0 Å². The van der Waals surface area contributed by atoms with E-state index in [-0.39, 0.29) is 0 Å². The molecule has 1 heterocycles. The lowest BCUT2D eigenvalue weighted by Crippen LogP contribution is -1.96. The van der Waals surface area contributed by atoms with E-state index in [1.807, 2.05) is 0 Å². The van der Waals surface area contributed by atoms with Crippen molar-refractivity contribution < 1.29 is 0 Å². The monoisotopic (exact) mass is 351 g/mol. The third-order valence-electron chi connectivity index (χ3n) is 2.12. The summed E-state index contributed by atoms with van der Waals surface area (Å²) in [5.74, 6) is 1.01. The van der Waals surface area contributed by atoms with Gasteiger partial charge in [-0.1, -0.05) is 25.5 Å². The maximum Gasteiger partial charge on any atom is 0.0442 e. The highest BCUT2D eigenvalue weighted by atomic mass is 79.9. The number of pyridine rings is 1. The predicted octanol–water partition coefficient (Wildman–Crippen LogP) is 4.88. The van der Waals surface area contributed by atoms with Gasteiger partial charge in [-0.2, -0.15) is 0 Å². The normalized spacial score (nSPS) is 12.3. The van der Waals surface area contributed by atoms with Crippen molar-refractivity contribution in [1.82, 2.24) is 4.98 Å². The third-order valence-corrected chi connectivity index (χ3v) is 3.69. The molecule has 0 atom stereocenters. The molecular weight excluding hydrogens is 341 g/mol. The Morgan fingerprint density at radius 1 is 1.40 bits per heavy atom. The molecule has 0 aliphatic carbocycles. The average Bonchev–Trinajstić information content (AvgIpc) is 2.17. The summed E-state index contributed by atoms with van der Waals surface area (Å²) < 4.78 is 1.94. The summed E-state index contributed by atoms with van der Waals surface area (Å²) >= 11 is 12.9. The van der Waals surface area contributed by atoms with Crippen LogP contribution in [-0.2, 0) is 0 Å². The Balaban J connectivity index is 3.16. The number of rotatable bonds is 3. The van der Waals surface area contributed by atoms with E-state index in [1.165, 1.54) is 5.57 Å². The molecule has 82 valence electrons. The van der Waals surface area contributed by atoms with Crippen LogP contribution < -0.4 is 0 Å². The van der Waals surface area contributed by atoms with E-state index in [0.29, 0.717) is 11.8 Å². The molecular formula is C11H12Br2ClN. The summed E-state index contributed by atoms with van der Waals surface area (Å²) in [4.78, 5) is 4.07. The smallest absolute Gasteiger partial charge is 0.0442 e.